The molecule has 3 nitrogen and oxygen atoms in total. The summed E-state index contributed by atoms with van der Waals surface area (Å²) in [5.74, 6) is -0.219. The summed E-state index contributed by atoms with van der Waals surface area (Å²) in [4.78, 5) is 1.91. The van der Waals surface area contributed by atoms with Gasteiger partial charge in [0, 0.05) is 30.2 Å². The summed E-state index contributed by atoms with van der Waals surface area (Å²) in [5.41, 5.74) is 1.22. The van der Waals surface area contributed by atoms with E-state index in [1.165, 1.54) is 6.07 Å². The van der Waals surface area contributed by atoms with Crippen LogP contribution in [0.4, 0.5) is 15.8 Å². The molecule has 0 spiro atoms. The van der Waals surface area contributed by atoms with E-state index in [2.05, 4.69) is 5.32 Å². The Morgan fingerprint density at radius 2 is 2.05 bits per heavy atom. The fourth-order valence-corrected chi connectivity index (χ4v) is 2.51. The number of anilines is 2. The summed E-state index contributed by atoms with van der Waals surface area (Å²) in [5, 5.41) is 13.1. The zero-order chi connectivity index (χ0) is 15.1. The molecule has 1 aliphatic carbocycles. The van der Waals surface area contributed by atoms with Crippen LogP contribution in [-0.2, 0) is 0 Å². The van der Waals surface area contributed by atoms with E-state index in [1.807, 2.05) is 45.7 Å². The van der Waals surface area contributed by atoms with Gasteiger partial charge >= 0.3 is 0 Å². The standard InChI is InChI=1S/C16H25FN2O/c1-10(2)19(5)13-7-6-11(8-12(13)17)18-14-9-15(20)16(14,3)4/h6-8,10,14-15,18,20H,9H2,1-5H3. The number of rotatable bonds is 4. The highest BCUT2D eigenvalue weighted by Gasteiger charge is 2.47. The molecule has 2 unspecified atom stereocenters. The number of hydrogen-bond acceptors (Lipinski definition) is 3. The van der Waals surface area contributed by atoms with Crippen LogP contribution in [0, 0.1) is 11.2 Å². The van der Waals surface area contributed by atoms with Gasteiger partial charge < -0.3 is 15.3 Å². The molecular weight excluding hydrogens is 255 g/mol. The van der Waals surface area contributed by atoms with Crippen molar-refractivity contribution in [1.29, 1.82) is 0 Å². The van der Waals surface area contributed by atoms with E-state index in [0.717, 1.165) is 5.69 Å². The average Bonchev–Trinajstić information content (AvgIpc) is 2.37. The Labute approximate surface area is 120 Å². The second-order valence-corrected chi connectivity index (χ2v) is 6.64. The Hall–Kier alpha value is -1.29. The summed E-state index contributed by atoms with van der Waals surface area (Å²) in [6.07, 6.45) is 0.429. The van der Waals surface area contributed by atoms with E-state index >= 15 is 0 Å². The quantitative estimate of drug-likeness (QED) is 0.888. The summed E-state index contributed by atoms with van der Waals surface area (Å²) < 4.78 is 14.2. The monoisotopic (exact) mass is 280 g/mol. The summed E-state index contributed by atoms with van der Waals surface area (Å²) >= 11 is 0. The minimum absolute atomic E-state index is 0.163. The second kappa shape index (κ2) is 5.24. The number of aliphatic hydroxyl groups excluding tert-OH is 1. The van der Waals surface area contributed by atoms with E-state index in [1.54, 1.807) is 6.07 Å². The van der Waals surface area contributed by atoms with Crippen LogP contribution < -0.4 is 10.2 Å². The molecule has 0 aromatic heterocycles. The van der Waals surface area contributed by atoms with Gasteiger partial charge in [-0.25, -0.2) is 4.39 Å². The first-order chi connectivity index (χ1) is 9.23. The predicted molar refractivity (Wildman–Crippen MR) is 81.8 cm³/mol. The molecule has 1 aromatic carbocycles. The molecular formula is C16H25FN2O. The van der Waals surface area contributed by atoms with Gasteiger partial charge in [-0.3, -0.25) is 0 Å². The van der Waals surface area contributed by atoms with Crippen LogP contribution in [0.2, 0.25) is 0 Å². The van der Waals surface area contributed by atoms with Crippen LogP contribution in [-0.4, -0.2) is 30.3 Å². The molecule has 1 aromatic rings. The number of aliphatic hydroxyl groups is 1. The topological polar surface area (TPSA) is 35.5 Å². The zero-order valence-corrected chi connectivity index (χ0v) is 12.9. The highest BCUT2D eigenvalue weighted by Crippen LogP contribution is 2.42. The molecule has 0 aliphatic heterocycles. The molecule has 2 atom stereocenters. The highest BCUT2D eigenvalue weighted by molar-refractivity contribution is 5.57. The Morgan fingerprint density at radius 1 is 1.40 bits per heavy atom. The molecule has 1 fully saturated rings. The first kappa shape index (κ1) is 15.1. The molecule has 0 amide bonds. The van der Waals surface area contributed by atoms with Gasteiger partial charge in [0.1, 0.15) is 5.82 Å². The normalized spacial score (nSPS) is 24.4. The Morgan fingerprint density at radius 3 is 2.50 bits per heavy atom. The number of benzene rings is 1. The molecule has 1 aliphatic rings. The largest absolute Gasteiger partial charge is 0.392 e. The smallest absolute Gasteiger partial charge is 0.148 e. The van der Waals surface area contributed by atoms with E-state index < -0.39 is 0 Å². The second-order valence-electron chi connectivity index (χ2n) is 6.64. The number of hydrogen-bond donors (Lipinski definition) is 2. The van der Waals surface area contributed by atoms with Crippen molar-refractivity contribution < 1.29 is 9.50 Å². The first-order valence-electron chi connectivity index (χ1n) is 7.20. The SMILES string of the molecule is CC(C)N(C)c1ccc(NC2CC(O)C2(C)C)cc1F. The lowest BCUT2D eigenvalue weighted by Gasteiger charge is -2.49. The molecule has 0 bridgehead atoms. The lowest BCUT2D eigenvalue weighted by Crippen LogP contribution is -2.56. The van der Waals surface area contributed by atoms with E-state index in [-0.39, 0.29) is 29.4 Å². The number of halogens is 1. The maximum absolute atomic E-state index is 14.2. The van der Waals surface area contributed by atoms with Crippen molar-refractivity contribution in [2.75, 3.05) is 17.3 Å². The van der Waals surface area contributed by atoms with Gasteiger partial charge in [-0.15, -0.1) is 0 Å². The van der Waals surface area contributed by atoms with Gasteiger partial charge in [0.25, 0.3) is 0 Å². The number of nitrogens with one attached hydrogen (secondary N) is 1. The molecule has 112 valence electrons. The molecule has 0 saturated heterocycles. The maximum atomic E-state index is 14.2. The van der Waals surface area contributed by atoms with Crippen molar-refractivity contribution in [1.82, 2.24) is 0 Å². The Bertz CT molecular complexity index is 487. The third kappa shape index (κ3) is 2.62. The maximum Gasteiger partial charge on any atom is 0.148 e. The summed E-state index contributed by atoms with van der Waals surface area (Å²) in [6.45, 7) is 8.11. The van der Waals surface area contributed by atoms with E-state index in [9.17, 15) is 9.50 Å². The van der Waals surface area contributed by atoms with Crippen molar-refractivity contribution in [2.24, 2.45) is 5.41 Å². The lowest BCUT2D eigenvalue weighted by atomic mass is 9.64. The van der Waals surface area contributed by atoms with Crippen LogP contribution in [0.3, 0.4) is 0 Å². The van der Waals surface area contributed by atoms with Crippen molar-refractivity contribution in [3.05, 3.63) is 24.0 Å². The van der Waals surface area contributed by atoms with E-state index in [4.69, 9.17) is 0 Å². The van der Waals surface area contributed by atoms with Crippen molar-refractivity contribution in [2.45, 2.75) is 52.3 Å². The fraction of sp³-hybridized carbons (Fsp3) is 0.625. The van der Waals surface area contributed by atoms with Crippen LogP contribution in [0.25, 0.3) is 0 Å². The lowest BCUT2D eigenvalue weighted by molar-refractivity contribution is -0.0510. The molecule has 0 heterocycles. The van der Waals surface area contributed by atoms with Gasteiger partial charge in [-0.1, -0.05) is 13.8 Å². The van der Waals surface area contributed by atoms with Crippen LogP contribution in [0.15, 0.2) is 18.2 Å². The van der Waals surface area contributed by atoms with Crippen LogP contribution >= 0.6 is 0 Å². The van der Waals surface area contributed by atoms with Crippen molar-refractivity contribution in [3.8, 4) is 0 Å². The highest BCUT2D eigenvalue weighted by atomic mass is 19.1. The zero-order valence-electron chi connectivity index (χ0n) is 12.9. The predicted octanol–water partition coefficient (Wildman–Crippen LogP) is 3.24. The molecule has 0 radical (unpaired) electrons. The molecule has 1 saturated carbocycles. The van der Waals surface area contributed by atoms with Gasteiger partial charge in [0.15, 0.2) is 0 Å². The molecule has 20 heavy (non-hydrogen) atoms. The molecule has 4 heteroatoms. The van der Waals surface area contributed by atoms with Crippen LogP contribution in [0.1, 0.15) is 34.1 Å². The third-order valence-corrected chi connectivity index (χ3v) is 4.66. The minimum atomic E-state index is -0.281. The van der Waals surface area contributed by atoms with Gasteiger partial charge in [0.05, 0.1) is 11.8 Å². The van der Waals surface area contributed by atoms with Gasteiger partial charge in [-0.2, -0.15) is 0 Å². The number of nitrogens with zero attached hydrogens (tertiary/aromatic N) is 1. The first-order valence-corrected chi connectivity index (χ1v) is 7.20. The van der Waals surface area contributed by atoms with Gasteiger partial charge in [0.2, 0.25) is 0 Å². The summed E-state index contributed by atoms with van der Waals surface area (Å²) in [6, 6.07) is 5.68. The van der Waals surface area contributed by atoms with Gasteiger partial charge in [-0.05, 0) is 38.5 Å². The van der Waals surface area contributed by atoms with Crippen LogP contribution in [0.5, 0.6) is 0 Å². The van der Waals surface area contributed by atoms with Crippen molar-refractivity contribution in [3.63, 3.8) is 0 Å². The fourth-order valence-electron chi connectivity index (χ4n) is 2.51. The summed E-state index contributed by atoms with van der Waals surface area (Å²) in [7, 11) is 1.89. The molecule has 2 N–H and O–H groups in total. The molecule has 2 rings (SSSR count). The average molecular weight is 280 g/mol. The van der Waals surface area contributed by atoms with Crippen molar-refractivity contribution >= 4 is 11.4 Å². The van der Waals surface area contributed by atoms with E-state index in [0.29, 0.717) is 12.1 Å². The minimum Gasteiger partial charge on any atom is -0.392 e. The third-order valence-electron chi connectivity index (χ3n) is 4.66. The Balaban J connectivity index is 2.10. The Kier molecular flexibility index (Phi) is 3.96.